The summed E-state index contributed by atoms with van der Waals surface area (Å²) in [5.41, 5.74) is -6.17. The molecule has 0 aromatic rings. The highest BCUT2D eigenvalue weighted by atomic mass is 19.4. The average molecular weight is 542 g/mol. The molecule has 0 amide bonds. The number of carbonyl (C=O) groups excluding carboxylic acids is 2. The van der Waals surface area contributed by atoms with Crippen LogP contribution >= 0.6 is 0 Å². The summed E-state index contributed by atoms with van der Waals surface area (Å²) in [6, 6.07) is 0. The van der Waals surface area contributed by atoms with Crippen molar-refractivity contribution in [2.75, 3.05) is 6.61 Å². The number of esters is 2. The first kappa shape index (κ1) is 31.9. The summed E-state index contributed by atoms with van der Waals surface area (Å²) < 4.78 is 201. The predicted octanol–water partition coefficient (Wildman–Crippen LogP) is 5.84. The molecule has 0 aromatic heterocycles. The van der Waals surface area contributed by atoms with Crippen molar-refractivity contribution < 1.29 is 84.9 Å². The van der Waals surface area contributed by atoms with Crippen molar-refractivity contribution in [3.63, 3.8) is 0 Å². The average Bonchev–Trinajstić information content (AvgIpc) is 2.62. The Hall–Kier alpha value is -2.11. The maximum Gasteiger partial charge on any atom is 0.460 e. The van der Waals surface area contributed by atoms with Gasteiger partial charge in [-0.1, -0.05) is 13.8 Å². The van der Waals surface area contributed by atoms with Crippen molar-refractivity contribution in [2.24, 2.45) is 5.92 Å². The molecule has 0 aromatic carbocycles. The molecular formula is C15H13F15O4. The first-order valence-electron chi connectivity index (χ1n) is 8.48. The summed E-state index contributed by atoms with van der Waals surface area (Å²) in [5, 5.41) is 0. The normalized spacial score (nSPS) is 15.7. The van der Waals surface area contributed by atoms with Gasteiger partial charge in [0.25, 0.3) is 0 Å². The van der Waals surface area contributed by atoms with Crippen molar-refractivity contribution >= 4 is 11.9 Å². The zero-order valence-electron chi connectivity index (χ0n) is 16.5. The van der Waals surface area contributed by atoms with Gasteiger partial charge in [0.05, 0.1) is 12.5 Å². The Morgan fingerprint density at radius 3 is 1.44 bits per heavy atom. The zero-order valence-corrected chi connectivity index (χ0v) is 16.5. The summed E-state index contributed by atoms with van der Waals surface area (Å²) in [5.74, 6) is -30.5. The van der Waals surface area contributed by atoms with Gasteiger partial charge in [-0.15, -0.1) is 0 Å². The largest absolute Gasteiger partial charge is 0.465 e. The van der Waals surface area contributed by atoms with Gasteiger partial charge in [0.2, 0.25) is 0 Å². The summed E-state index contributed by atoms with van der Waals surface area (Å²) >= 11 is 0. The van der Waals surface area contributed by atoms with E-state index in [-0.39, 0.29) is 6.42 Å². The lowest BCUT2D eigenvalue weighted by atomic mass is 9.97. The van der Waals surface area contributed by atoms with Gasteiger partial charge in [0, 0.05) is 6.42 Å². The van der Waals surface area contributed by atoms with E-state index in [1.807, 2.05) is 0 Å². The van der Waals surface area contributed by atoms with Gasteiger partial charge in [-0.3, -0.25) is 4.79 Å². The van der Waals surface area contributed by atoms with E-state index in [2.05, 4.69) is 9.47 Å². The van der Waals surface area contributed by atoms with E-state index in [1.165, 1.54) is 6.92 Å². The highest BCUT2D eigenvalue weighted by Crippen LogP contribution is 2.55. The van der Waals surface area contributed by atoms with E-state index in [9.17, 15) is 75.4 Å². The highest BCUT2D eigenvalue weighted by molar-refractivity contribution is 5.80. The molecule has 4 nitrogen and oxygen atoms in total. The number of halogens is 15. The van der Waals surface area contributed by atoms with Crippen LogP contribution in [0, 0.1) is 5.92 Å². The Bertz CT molecular complexity index is 722. The van der Waals surface area contributed by atoms with Gasteiger partial charge >= 0.3 is 53.8 Å². The van der Waals surface area contributed by atoms with Gasteiger partial charge in [0.1, 0.15) is 0 Å². The van der Waals surface area contributed by atoms with Crippen LogP contribution in [-0.2, 0) is 19.1 Å². The SMILES string of the molecule is CCC(C)C(=O)OCCC(OC(=O)C(F)(F)C(F)(F)C(F)(F)C(F)(F)F)(C(F)(F)F)C(F)(F)F. The third-order valence-electron chi connectivity index (χ3n) is 4.30. The van der Waals surface area contributed by atoms with Crippen LogP contribution in [0.4, 0.5) is 65.9 Å². The standard InChI is InChI=1S/C15H13F15O4/c1-3-6(2)7(31)33-5-4-9(13(22,23)24,14(25,26)27)34-8(32)10(16,17)11(18,19)12(20,21)15(28,29)30/h6H,3-5H2,1-2H3. The fraction of sp³-hybridized carbons (Fsp3) is 0.867. The maximum atomic E-state index is 13.5. The van der Waals surface area contributed by atoms with Crippen molar-refractivity contribution in [1.82, 2.24) is 0 Å². The summed E-state index contributed by atoms with van der Waals surface area (Å²) in [4.78, 5) is 22.6. The highest BCUT2D eigenvalue weighted by Gasteiger charge is 2.85. The molecule has 0 saturated carbocycles. The molecule has 1 atom stereocenters. The molecule has 0 aliphatic carbocycles. The number of carbonyl (C=O) groups is 2. The lowest BCUT2D eigenvalue weighted by Gasteiger charge is -2.38. The van der Waals surface area contributed by atoms with Crippen LogP contribution in [0.25, 0.3) is 0 Å². The topological polar surface area (TPSA) is 52.6 Å². The lowest BCUT2D eigenvalue weighted by molar-refractivity contribution is -0.402. The van der Waals surface area contributed by atoms with Crippen LogP contribution < -0.4 is 0 Å². The van der Waals surface area contributed by atoms with Crippen LogP contribution in [0.5, 0.6) is 0 Å². The van der Waals surface area contributed by atoms with Crippen molar-refractivity contribution in [3.05, 3.63) is 0 Å². The molecule has 202 valence electrons. The summed E-state index contributed by atoms with van der Waals surface area (Å²) in [6.45, 7) is 0.436. The van der Waals surface area contributed by atoms with Gasteiger partial charge in [-0.05, 0) is 6.42 Å². The Morgan fingerprint density at radius 2 is 1.12 bits per heavy atom. The van der Waals surface area contributed by atoms with Crippen molar-refractivity contribution in [2.45, 2.75) is 68.6 Å². The van der Waals surface area contributed by atoms with E-state index >= 15 is 0 Å². The predicted molar refractivity (Wildman–Crippen MR) is 76.9 cm³/mol. The van der Waals surface area contributed by atoms with Crippen LogP contribution in [0.1, 0.15) is 26.7 Å². The molecule has 0 rings (SSSR count). The third kappa shape index (κ3) is 5.58. The molecule has 0 N–H and O–H groups in total. The molecule has 0 radical (unpaired) electrons. The molecule has 19 heteroatoms. The molecule has 0 saturated heterocycles. The second kappa shape index (κ2) is 9.50. The Kier molecular flexibility index (Phi) is 8.91. The number of alkyl halides is 15. The molecule has 34 heavy (non-hydrogen) atoms. The Morgan fingerprint density at radius 1 is 0.706 bits per heavy atom. The van der Waals surface area contributed by atoms with E-state index in [0.717, 1.165) is 6.92 Å². The van der Waals surface area contributed by atoms with Crippen LogP contribution in [0.15, 0.2) is 0 Å². The van der Waals surface area contributed by atoms with Gasteiger partial charge in [0.15, 0.2) is 0 Å². The van der Waals surface area contributed by atoms with E-state index in [0.29, 0.717) is 0 Å². The molecule has 0 aliphatic heterocycles. The number of ether oxygens (including phenoxy) is 2. The number of rotatable bonds is 9. The minimum Gasteiger partial charge on any atom is -0.465 e. The van der Waals surface area contributed by atoms with Gasteiger partial charge in [-0.2, -0.15) is 65.9 Å². The van der Waals surface area contributed by atoms with Gasteiger partial charge < -0.3 is 9.47 Å². The minimum atomic E-state index is -7.89. The van der Waals surface area contributed by atoms with E-state index in [4.69, 9.17) is 0 Å². The first-order chi connectivity index (χ1) is 14.7. The third-order valence-corrected chi connectivity index (χ3v) is 4.30. The van der Waals surface area contributed by atoms with E-state index in [1.54, 1.807) is 0 Å². The maximum absolute atomic E-state index is 13.5. The van der Waals surface area contributed by atoms with Crippen molar-refractivity contribution in [3.8, 4) is 0 Å². The van der Waals surface area contributed by atoms with Crippen molar-refractivity contribution in [1.29, 1.82) is 0 Å². The summed E-state index contributed by atoms with van der Waals surface area (Å²) in [7, 11) is 0. The number of hydrogen-bond acceptors (Lipinski definition) is 4. The van der Waals surface area contributed by atoms with Gasteiger partial charge in [-0.25, -0.2) is 4.79 Å². The molecule has 1 unspecified atom stereocenters. The zero-order chi connectivity index (χ0) is 27.8. The molecule has 0 bridgehead atoms. The smallest absolute Gasteiger partial charge is 0.460 e. The lowest BCUT2D eigenvalue weighted by Crippen LogP contribution is -2.67. The van der Waals surface area contributed by atoms with Crippen LogP contribution in [-0.4, -0.2) is 60.4 Å². The first-order valence-corrected chi connectivity index (χ1v) is 8.48. The molecule has 0 aliphatic rings. The number of hydrogen-bond donors (Lipinski definition) is 0. The fourth-order valence-corrected chi connectivity index (χ4v) is 1.94. The Balaban J connectivity index is 6.38. The fourth-order valence-electron chi connectivity index (χ4n) is 1.94. The second-order valence-electron chi connectivity index (χ2n) is 6.66. The second-order valence-corrected chi connectivity index (χ2v) is 6.66. The molecule has 0 fully saturated rings. The summed E-state index contributed by atoms with van der Waals surface area (Å²) in [6.07, 6.45) is -24.3. The molecular weight excluding hydrogens is 529 g/mol. The monoisotopic (exact) mass is 542 g/mol. The quantitative estimate of drug-likeness (QED) is 0.272. The molecule has 0 heterocycles. The van der Waals surface area contributed by atoms with E-state index < -0.39 is 72.8 Å². The van der Waals surface area contributed by atoms with Crippen LogP contribution in [0.3, 0.4) is 0 Å². The molecule has 0 spiro atoms. The van der Waals surface area contributed by atoms with Crippen LogP contribution in [0.2, 0.25) is 0 Å². The minimum absolute atomic E-state index is 0.0494. The Labute approximate surface area is 179 Å².